The topological polar surface area (TPSA) is 51.8 Å². The highest BCUT2D eigenvalue weighted by molar-refractivity contribution is 8.00. The fourth-order valence-electron chi connectivity index (χ4n) is 1.36. The Balaban J connectivity index is 2.42. The minimum absolute atomic E-state index is 0.512. The van der Waals surface area contributed by atoms with Crippen LogP contribution in [0.25, 0.3) is 11.0 Å². The molecule has 3 nitrogen and oxygen atoms in total. The Morgan fingerprint density at radius 2 is 1.88 bits per heavy atom. The van der Waals surface area contributed by atoms with E-state index in [-0.39, 0.29) is 0 Å². The smallest absolute Gasteiger partial charge is 0.156 e. The van der Waals surface area contributed by atoms with Gasteiger partial charge in [-0.15, -0.1) is 0 Å². The highest BCUT2D eigenvalue weighted by Crippen LogP contribution is 2.28. The van der Waals surface area contributed by atoms with E-state index in [1.807, 2.05) is 24.3 Å². The molecule has 0 bridgehead atoms. The lowest BCUT2D eigenvalue weighted by molar-refractivity contribution is 0.901. The van der Waals surface area contributed by atoms with Gasteiger partial charge in [-0.25, -0.2) is 9.97 Å². The predicted octanol–water partition coefficient (Wildman–Crippen LogP) is 3.10. The van der Waals surface area contributed by atoms with Gasteiger partial charge >= 0.3 is 0 Å². The molecule has 1 heterocycles. The van der Waals surface area contributed by atoms with Gasteiger partial charge in [0.15, 0.2) is 5.82 Å². The lowest BCUT2D eigenvalue weighted by atomic mass is 10.3. The third kappa shape index (κ3) is 2.27. The first-order valence-electron chi connectivity index (χ1n) is 5.39. The molecule has 0 spiro atoms. The van der Waals surface area contributed by atoms with Crippen molar-refractivity contribution in [1.29, 1.82) is 0 Å². The summed E-state index contributed by atoms with van der Waals surface area (Å²) in [5.41, 5.74) is 7.66. The van der Waals surface area contributed by atoms with Crippen molar-refractivity contribution in [3.63, 3.8) is 0 Å². The van der Waals surface area contributed by atoms with Crippen LogP contribution in [-0.2, 0) is 0 Å². The molecule has 0 aliphatic heterocycles. The molecule has 2 aromatic rings. The van der Waals surface area contributed by atoms with Crippen LogP contribution in [0.4, 0.5) is 5.82 Å². The highest BCUT2D eigenvalue weighted by Gasteiger charge is 2.09. The summed E-state index contributed by atoms with van der Waals surface area (Å²) in [4.78, 5) is 8.90. The zero-order valence-corrected chi connectivity index (χ0v) is 10.3. The highest BCUT2D eigenvalue weighted by atomic mass is 32.2. The number of benzene rings is 1. The molecule has 0 aliphatic carbocycles. The summed E-state index contributed by atoms with van der Waals surface area (Å²) in [6.45, 7) is 4.32. The fraction of sp³-hybridized carbons (Fsp3) is 0.333. The van der Waals surface area contributed by atoms with Crippen LogP contribution in [0, 0.1) is 0 Å². The molecular formula is C12H15N3S. The molecule has 1 unspecified atom stereocenters. The lowest BCUT2D eigenvalue weighted by Gasteiger charge is -2.09. The SMILES string of the molecule is CCC(C)Sc1nc2ccccc2nc1N. The molecule has 16 heavy (non-hydrogen) atoms. The molecule has 0 amide bonds. The van der Waals surface area contributed by atoms with Gasteiger partial charge in [0.25, 0.3) is 0 Å². The maximum absolute atomic E-state index is 5.90. The number of thioether (sulfide) groups is 1. The molecule has 84 valence electrons. The standard InChI is InChI=1S/C12H15N3S/c1-3-8(2)16-12-11(13)14-9-6-4-5-7-10(9)15-12/h4-8H,3H2,1-2H3,(H2,13,14). The van der Waals surface area contributed by atoms with Gasteiger partial charge in [0.05, 0.1) is 11.0 Å². The summed E-state index contributed by atoms with van der Waals surface area (Å²) in [7, 11) is 0. The predicted molar refractivity (Wildman–Crippen MR) is 69.6 cm³/mol. The third-order valence-electron chi connectivity index (χ3n) is 2.45. The van der Waals surface area contributed by atoms with E-state index < -0.39 is 0 Å². The molecule has 0 radical (unpaired) electrons. The minimum atomic E-state index is 0.512. The summed E-state index contributed by atoms with van der Waals surface area (Å²) in [6, 6.07) is 7.79. The quantitative estimate of drug-likeness (QED) is 0.828. The molecule has 2 rings (SSSR count). The zero-order valence-electron chi connectivity index (χ0n) is 9.47. The van der Waals surface area contributed by atoms with Gasteiger partial charge in [0.1, 0.15) is 5.03 Å². The van der Waals surface area contributed by atoms with Crippen molar-refractivity contribution in [1.82, 2.24) is 9.97 Å². The summed E-state index contributed by atoms with van der Waals surface area (Å²) in [6.07, 6.45) is 1.10. The second-order valence-electron chi connectivity index (χ2n) is 3.74. The number of anilines is 1. The Hall–Kier alpha value is -1.29. The lowest BCUT2D eigenvalue weighted by Crippen LogP contribution is -2.01. The second kappa shape index (κ2) is 4.70. The summed E-state index contributed by atoms with van der Waals surface area (Å²) >= 11 is 1.69. The minimum Gasteiger partial charge on any atom is -0.381 e. The maximum atomic E-state index is 5.90. The molecule has 1 aromatic heterocycles. The van der Waals surface area contributed by atoms with E-state index in [4.69, 9.17) is 5.73 Å². The van der Waals surface area contributed by atoms with Gasteiger partial charge in [0.2, 0.25) is 0 Å². The first-order chi connectivity index (χ1) is 7.70. The number of nitrogens with two attached hydrogens (primary N) is 1. The third-order valence-corrected chi connectivity index (χ3v) is 3.71. The second-order valence-corrected chi connectivity index (χ2v) is 5.17. The van der Waals surface area contributed by atoms with E-state index in [2.05, 4.69) is 23.8 Å². The average molecular weight is 233 g/mol. The van der Waals surface area contributed by atoms with Gasteiger partial charge in [-0.05, 0) is 18.6 Å². The van der Waals surface area contributed by atoms with Crippen molar-refractivity contribution in [2.75, 3.05) is 5.73 Å². The molecule has 0 fully saturated rings. The van der Waals surface area contributed by atoms with Crippen LogP contribution in [0.5, 0.6) is 0 Å². The monoisotopic (exact) mass is 233 g/mol. The number of nitrogen functional groups attached to an aromatic ring is 1. The average Bonchev–Trinajstić information content (AvgIpc) is 2.30. The first-order valence-corrected chi connectivity index (χ1v) is 6.27. The van der Waals surface area contributed by atoms with Crippen molar-refractivity contribution >= 4 is 28.6 Å². The van der Waals surface area contributed by atoms with E-state index in [1.54, 1.807) is 11.8 Å². The molecular weight excluding hydrogens is 218 g/mol. The number of rotatable bonds is 3. The van der Waals surface area contributed by atoms with Gasteiger partial charge in [-0.1, -0.05) is 37.7 Å². The molecule has 4 heteroatoms. The Bertz CT molecular complexity index is 499. The van der Waals surface area contributed by atoms with Gasteiger partial charge in [0, 0.05) is 5.25 Å². The van der Waals surface area contributed by atoms with Crippen molar-refractivity contribution < 1.29 is 0 Å². The number of para-hydroxylation sites is 2. The number of hydrogen-bond acceptors (Lipinski definition) is 4. The summed E-state index contributed by atoms with van der Waals surface area (Å²) in [5.74, 6) is 0.531. The van der Waals surface area contributed by atoms with Crippen LogP contribution in [0.2, 0.25) is 0 Å². The molecule has 2 N–H and O–H groups in total. The van der Waals surface area contributed by atoms with Crippen LogP contribution < -0.4 is 5.73 Å². The van der Waals surface area contributed by atoms with Gasteiger partial charge < -0.3 is 5.73 Å². The van der Waals surface area contributed by atoms with Gasteiger partial charge in [-0.3, -0.25) is 0 Å². The Kier molecular flexibility index (Phi) is 3.29. The Labute approximate surface area is 99.5 Å². The van der Waals surface area contributed by atoms with Crippen LogP contribution in [0.15, 0.2) is 29.3 Å². The van der Waals surface area contributed by atoms with Crippen LogP contribution >= 0.6 is 11.8 Å². The number of hydrogen-bond donors (Lipinski definition) is 1. The molecule has 0 saturated carbocycles. The van der Waals surface area contributed by atoms with Crippen LogP contribution in [0.3, 0.4) is 0 Å². The number of aromatic nitrogens is 2. The number of nitrogens with zero attached hydrogens (tertiary/aromatic N) is 2. The van der Waals surface area contributed by atoms with E-state index >= 15 is 0 Å². The Morgan fingerprint density at radius 3 is 2.50 bits per heavy atom. The normalized spacial score (nSPS) is 12.9. The van der Waals surface area contributed by atoms with Crippen molar-refractivity contribution in [3.05, 3.63) is 24.3 Å². The molecule has 1 atom stereocenters. The van der Waals surface area contributed by atoms with E-state index in [0.29, 0.717) is 11.1 Å². The van der Waals surface area contributed by atoms with E-state index in [1.165, 1.54) is 0 Å². The van der Waals surface area contributed by atoms with Crippen molar-refractivity contribution in [2.24, 2.45) is 0 Å². The zero-order chi connectivity index (χ0) is 11.5. The fourth-order valence-corrected chi connectivity index (χ4v) is 2.22. The Morgan fingerprint density at radius 1 is 1.25 bits per heavy atom. The number of fused-ring (bicyclic) bond motifs is 1. The van der Waals surface area contributed by atoms with Crippen molar-refractivity contribution in [3.8, 4) is 0 Å². The maximum Gasteiger partial charge on any atom is 0.156 e. The molecule has 1 aromatic carbocycles. The van der Waals surface area contributed by atoms with Crippen LogP contribution in [0.1, 0.15) is 20.3 Å². The van der Waals surface area contributed by atoms with Crippen molar-refractivity contribution in [2.45, 2.75) is 30.5 Å². The van der Waals surface area contributed by atoms with E-state index in [9.17, 15) is 0 Å². The van der Waals surface area contributed by atoms with Crippen LogP contribution in [-0.4, -0.2) is 15.2 Å². The first kappa shape index (κ1) is 11.2. The van der Waals surface area contributed by atoms with Gasteiger partial charge in [-0.2, -0.15) is 0 Å². The molecule has 0 saturated heterocycles. The largest absolute Gasteiger partial charge is 0.381 e. The summed E-state index contributed by atoms with van der Waals surface area (Å²) in [5, 5.41) is 1.35. The van der Waals surface area contributed by atoms with E-state index in [0.717, 1.165) is 22.5 Å². The summed E-state index contributed by atoms with van der Waals surface area (Å²) < 4.78 is 0. The molecule has 0 aliphatic rings.